The minimum absolute atomic E-state index is 0.292. The van der Waals surface area contributed by atoms with Crippen molar-refractivity contribution in [2.24, 2.45) is 0 Å². The third kappa shape index (κ3) is 8.04. The standard InChI is InChI=1S/C15H23N3O3/c1-2-3-9-21-10-5-8-17-14(19)15(20)18-12-13-6-4-7-16-11-13/h4,6-7,11H,2-3,5,8-10,12H2,1H3,(H,17,19)(H,18,20). The van der Waals surface area contributed by atoms with E-state index in [0.29, 0.717) is 26.1 Å². The Morgan fingerprint density at radius 3 is 2.67 bits per heavy atom. The lowest BCUT2D eigenvalue weighted by atomic mass is 10.3. The van der Waals surface area contributed by atoms with Gasteiger partial charge in [-0.05, 0) is 24.5 Å². The summed E-state index contributed by atoms with van der Waals surface area (Å²) in [7, 11) is 0. The van der Waals surface area contributed by atoms with Crippen molar-refractivity contribution in [3.05, 3.63) is 30.1 Å². The van der Waals surface area contributed by atoms with Crippen LogP contribution in [0.3, 0.4) is 0 Å². The van der Waals surface area contributed by atoms with Gasteiger partial charge in [-0.15, -0.1) is 0 Å². The van der Waals surface area contributed by atoms with Gasteiger partial charge in [0.25, 0.3) is 0 Å². The molecule has 0 unspecified atom stereocenters. The van der Waals surface area contributed by atoms with Gasteiger partial charge in [-0.2, -0.15) is 0 Å². The Morgan fingerprint density at radius 1 is 1.19 bits per heavy atom. The number of amides is 2. The van der Waals surface area contributed by atoms with E-state index in [2.05, 4.69) is 22.5 Å². The van der Waals surface area contributed by atoms with Crippen molar-refractivity contribution in [2.45, 2.75) is 32.7 Å². The van der Waals surface area contributed by atoms with Crippen LogP contribution in [0.2, 0.25) is 0 Å². The molecule has 1 rings (SSSR count). The molecule has 0 radical (unpaired) electrons. The van der Waals surface area contributed by atoms with Crippen molar-refractivity contribution < 1.29 is 14.3 Å². The summed E-state index contributed by atoms with van der Waals surface area (Å²) in [5.41, 5.74) is 0.850. The minimum atomic E-state index is -0.634. The van der Waals surface area contributed by atoms with Crippen LogP contribution in [0.5, 0.6) is 0 Å². The van der Waals surface area contributed by atoms with Crippen LogP contribution in [0.4, 0.5) is 0 Å². The first kappa shape index (κ1) is 17.1. The average Bonchev–Trinajstić information content (AvgIpc) is 2.52. The van der Waals surface area contributed by atoms with E-state index in [1.54, 1.807) is 18.5 Å². The Morgan fingerprint density at radius 2 is 1.95 bits per heavy atom. The van der Waals surface area contributed by atoms with E-state index in [9.17, 15) is 9.59 Å². The summed E-state index contributed by atoms with van der Waals surface area (Å²) >= 11 is 0. The number of hydrogen-bond donors (Lipinski definition) is 2. The second-order valence-corrected chi connectivity index (χ2v) is 4.62. The van der Waals surface area contributed by atoms with Crippen molar-refractivity contribution in [2.75, 3.05) is 19.8 Å². The smallest absolute Gasteiger partial charge is 0.309 e. The Bertz CT molecular complexity index is 423. The fourth-order valence-electron chi connectivity index (χ4n) is 1.57. The maximum absolute atomic E-state index is 11.5. The Kier molecular flexibility index (Phi) is 8.79. The summed E-state index contributed by atoms with van der Waals surface area (Å²) in [6, 6.07) is 3.61. The predicted molar refractivity (Wildman–Crippen MR) is 79.4 cm³/mol. The maximum Gasteiger partial charge on any atom is 0.309 e. The van der Waals surface area contributed by atoms with Crippen molar-refractivity contribution in [3.63, 3.8) is 0 Å². The molecular formula is C15H23N3O3. The van der Waals surface area contributed by atoms with Gasteiger partial charge < -0.3 is 15.4 Å². The topological polar surface area (TPSA) is 80.3 Å². The molecule has 1 heterocycles. The van der Waals surface area contributed by atoms with E-state index >= 15 is 0 Å². The molecule has 21 heavy (non-hydrogen) atoms. The van der Waals surface area contributed by atoms with E-state index in [1.807, 2.05) is 6.07 Å². The molecular weight excluding hydrogens is 270 g/mol. The molecule has 1 aromatic rings. The van der Waals surface area contributed by atoms with Gasteiger partial charge in [-0.3, -0.25) is 14.6 Å². The maximum atomic E-state index is 11.5. The molecule has 0 saturated carbocycles. The number of aromatic nitrogens is 1. The second-order valence-electron chi connectivity index (χ2n) is 4.62. The van der Waals surface area contributed by atoms with Crippen LogP contribution < -0.4 is 10.6 Å². The van der Waals surface area contributed by atoms with Gasteiger partial charge in [0.15, 0.2) is 0 Å². The predicted octanol–water partition coefficient (Wildman–Crippen LogP) is 1.02. The van der Waals surface area contributed by atoms with Gasteiger partial charge in [0.05, 0.1) is 0 Å². The molecule has 0 atom stereocenters. The quantitative estimate of drug-likeness (QED) is 0.526. The molecule has 2 amide bonds. The minimum Gasteiger partial charge on any atom is -0.381 e. The summed E-state index contributed by atoms with van der Waals surface area (Å²) < 4.78 is 5.36. The molecule has 0 aromatic carbocycles. The number of carbonyl (C=O) groups excluding carboxylic acids is 2. The summed E-state index contributed by atoms with van der Waals surface area (Å²) in [5, 5.41) is 5.11. The Labute approximate surface area is 125 Å². The number of hydrogen-bond acceptors (Lipinski definition) is 4. The van der Waals surface area contributed by atoms with E-state index in [1.165, 1.54) is 0 Å². The third-order valence-corrected chi connectivity index (χ3v) is 2.78. The van der Waals surface area contributed by atoms with Crippen LogP contribution in [0.25, 0.3) is 0 Å². The first-order valence-electron chi connectivity index (χ1n) is 7.26. The SMILES string of the molecule is CCCCOCCCNC(=O)C(=O)NCc1cccnc1. The largest absolute Gasteiger partial charge is 0.381 e. The van der Waals surface area contributed by atoms with Gasteiger partial charge in [0.1, 0.15) is 0 Å². The second kappa shape index (κ2) is 10.8. The molecule has 116 valence electrons. The first-order chi connectivity index (χ1) is 10.2. The Hall–Kier alpha value is -1.95. The van der Waals surface area contributed by atoms with Crippen molar-refractivity contribution >= 4 is 11.8 Å². The highest BCUT2D eigenvalue weighted by Gasteiger charge is 2.11. The van der Waals surface area contributed by atoms with E-state index in [0.717, 1.165) is 25.0 Å². The highest BCUT2D eigenvalue weighted by atomic mass is 16.5. The number of ether oxygens (including phenoxy) is 1. The van der Waals surface area contributed by atoms with Crippen LogP contribution in [0, 0.1) is 0 Å². The summed E-state index contributed by atoms with van der Waals surface area (Å²) in [6.07, 6.45) is 6.15. The van der Waals surface area contributed by atoms with Gasteiger partial charge >= 0.3 is 11.8 Å². The third-order valence-electron chi connectivity index (χ3n) is 2.78. The molecule has 0 fully saturated rings. The normalized spacial score (nSPS) is 10.1. The molecule has 0 aliphatic heterocycles. The number of pyridine rings is 1. The number of rotatable bonds is 9. The van der Waals surface area contributed by atoms with Gasteiger partial charge in [0, 0.05) is 38.7 Å². The number of unbranched alkanes of at least 4 members (excludes halogenated alkanes) is 1. The number of nitrogens with zero attached hydrogens (tertiary/aromatic N) is 1. The van der Waals surface area contributed by atoms with Crippen molar-refractivity contribution in [1.82, 2.24) is 15.6 Å². The highest BCUT2D eigenvalue weighted by molar-refractivity contribution is 6.35. The molecule has 1 aromatic heterocycles. The van der Waals surface area contributed by atoms with Crippen LogP contribution in [-0.4, -0.2) is 36.6 Å². The molecule has 0 aliphatic carbocycles. The van der Waals surface area contributed by atoms with E-state index < -0.39 is 11.8 Å². The van der Waals surface area contributed by atoms with Crippen LogP contribution in [0.1, 0.15) is 31.7 Å². The van der Waals surface area contributed by atoms with Crippen molar-refractivity contribution in [3.8, 4) is 0 Å². The fraction of sp³-hybridized carbons (Fsp3) is 0.533. The van der Waals surface area contributed by atoms with Gasteiger partial charge in [0.2, 0.25) is 0 Å². The average molecular weight is 293 g/mol. The zero-order chi connectivity index (χ0) is 15.3. The van der Waals surface area contributed by atoms with Gasteiger partial charge in [-0.1, -0.05) is 19.4 Å². The molecule has 2 N–H and O–H groups in total. The van der Waals surface area contributed by atoms with Crippen LogP contribution in [-0.2, 0) is 20.9 Å². The molecule has 0 saturated heterocycles. The molecule has 6 nitrogen and oxygen atoms in total. The van der Waals surface area contributed by atoms with Crippen LogP contribution in [0.15, 0.2) is 24.5 Å². The molecule has 0 spiro atoms. The van der Waals surface area contributed by atoms with E-state index in [-0.39, 0.29) is 0 Å². The number of carbonyl (C=O) groups is 2. The van der Waals surface area contributed by atoms with Crippen molar-refractivity contribution in [1.29, 1.82) is 0 Å². The summed E-state index contributed by atoms with van der Waals surface area (Å²) in [5.74, 6) is -1.25. The van der Waals surface area contributed by atoms with Crippen LogP contribution >= 0.6 is 0 Å². The lowest BCUT2D eigenvalue weighted by Gasteiger charge is -2.07. The highest BCUT2D eigenvalue weighted by Crippen LogP contribution is 1.94. The molecule has 6 heteroatoms. The fourth-order valence-corrected chi connectivity index (χ4v) is 1.57. The zero-order valence-corrected chi connectivity index (χ0v) is 12.4. The first-order valence-corrected chi connectivity index (χ1v) is 7.26. The molecule has 0 bridgehead atoms. The van der Waals surface area contributed by atoms with Gasteiger partial charge in [-0.25, -0.2) is 0 Å². The number of nitrogens with one attached hydrogen (secondary N) is 2. The lowest BCUT2D eigenvalue weighted by molar-refractivity contribution is -0.139. The zero-order valence-electron chi connectivity index (χ0n) is 12.4. The Balaban J connectivity index is 2.07. The lowest BCUT2D eigenvalue weighted by Crippen LogP contribution is -2.40. The molecule has 0 aliphatic rings. The van der Waals surface area contributed by atoms with E-state index in [4.69, 9.17) is 4.74 Å². The summed E-state index contributed by atoms with van der Waals surface area (Å²) in [4.78, 5) is 27.0. The summed E-state index contributed by atoms with van der Waals surface area (Å²) in [6.45, 7) is 4.17. The monoisotopic (exact) mass is 293 g/mol.